The number of nitrogens with zero attached hydrogens (tertiary/aromatic N) is 1. The van der Waals surface area contributed by atoms with Crippen molar-refractivity contribution in [3.8, 4) is 0 Å². The molecule has 1 aliphatic heterocycles. The van der Waals surface area contributed by atoms with Gasteiger partial charge in [0.15, 0.2) is 5.78 Å². The molecule has 1 heterocycles. The molecule has 0 N–H and O–H groups in total. The molecule has 0 aliphatic carbocycles. The van der Waals surface area contributed by atoms with Crippen LogP contribution in [0.1, 0.15) is 12.5 Å². The van der Waals surface area contributed by atoms with Gasteiger partial charge in [-0.05, 0) is 24.6 Å². The minimum absolute atomic E-state index is 0.0818. The fourth-order valence-corrected chi connectivity index (χ4v) is 3.42. The van der Waals surface area contributed by atoms with E-state index in [9.17, 15) is 4.79 Å². The SMILES string of the molecule is CC(=O)/C=C1/Sc2ccccc2N1Cc1ccccc1. The van der Waals surface area contributed by atoms with Crippen LogP contribution in [0.2, 0.25) is 0 Å². The molecule has 3 rings (SSSR count). The molecule has 0 saturated heterocycles. The molecule has 100 valence electrons. The van der Waals surface area contributed by atoms with Crippen LogP contribution in [0.3, 0.4) is 0 Å². The van der Waals surface area contributed by atoms with Crippen LogP contribution in [0.4, 0.5) is 5.69 Å². The summed E-state index contributed by atoms with van der Waals surface area (Å²) >= 11 is 1.66. The minimum atomic E-state index is 0.0818. The topological polar surface area (TPSA) is 20.3 Å². The number of allylic oxidation sites excluding steroid dienone is 1. The van der Waals surface area contributed by atoms with Crippen LogP contribution in [0, 0.1) is 0 Å². The van der Waals surface area contributed by atoms with Crippen molar-refractivity contribution in [3.63, 3.8) is 0 Å². The smallest absolute Gasteiger partial charge is 0.155 e. The van der Waals surface area contributed by atoms with Gasteiger partial charge in [-0.15, -0.1) is 0 Å². The quantitative estimate of drug-likeness (QED) is 0.785. The highest BCUT2D eigenvalue weighted by Gasteiger charge is 2.24. The lowest BCUT2D eigenvalue weighted by molar-refractivity contribution is -0.112. The molecule has 0 atom stereocenters. The summed E-state index contributed by atoms with van der Waals surface area (Å²) in [5, 5.41) is 1.00. The summed E-state index contributed by atoms with van der Waals surface area (Å²) in [5.41, 5.74) is 2.41. The molecule has 0 radical (unpaired) electrons. The summed E-state index contributed by atoms with van der Waals surface area (Å²) in [6.07, 6.45) is 1.72. The lowest BCUT2D eigenvalue weighted by Gasteiger charge is -2.20. The Labute approximate surface area is 123 Å². The Kier molecular flexibility index (Phi) is 3.61. The normalized spacial score (nSPS) is 15.4. The zero-order valence-electron chi connectivity index (χ0n) is 11.2. The van der Waals surface area contributed by atoms with Crippen LogP contribution in [-0.2, 0) is 11.3 Å². The number of hydrogen-bond acceptors (Lipinski definition) is 3. The number of benzene rings is 2. The molecular weight excluding hydrogens is 266 g/mol. The highest BCUT2D eigenvalue weighted by Crippen LogP contribution is 2.46. The largest absolute Gasteiger partial charge is 0.330 e. The van der Waals surface area contributed by atoms with Gasteiger partial charge in [-0.25, -0.2) is 0 Å². The Morgan fingerprint density at radius 2 is 1.80 bits per heavy atom. The van der Waals surface area contributed by atoms with Crippen LogP contribution in [0.5, 0.6) is 0 Å². The Bertz CT molecular complexity index is 664. The van der Waals surface area contributed by atoms with Gasteiger partial charge >= 0.3 is 0 Å². The summed E-state index contributed by atoms with van der Waals surface area (Å²) in [7, 11) is 0. The van der Waals surface area contributed by atoms with E-state index < -0.39 is 0 Å². The van der Waals surface area contributed by atoms with E-state index in [2.05, 4.69) is 29.2 Å². The molecule has 2 aromatic rings. The number of carbonyl (C=O) groups is 1. The highest BCUT2D eigenvalue weighted by atomic mass is 32.2. The molecule has 0 amide bonds. The van der Waals surface area contributed by atoms with Gasteiger partial charge in [0.05, 0.1) is 10.7 Å². The second-order valence-electron chi connectivity index (χ2n) is 4.73. The van der Waals surface area contributed by atoms with E-state index in [1.54, 1.807) is 24.8 Å². The summed E-state index contributed by atoms with van der Waals surface area (Å²) in [6.45, 7) is 2.38. The van der Waals surface area contributed by atoms with Crippen molar-refractivity contribution in [3.05, 3.63) is 71.3 Å². The van der Waals surface area contributed by atoms with Crippen LogP contribution in [0.25, 0.3) is 0 Å². The van der Waals surface area contributed by atoms with Crippen LogP contribution in [0.15, 0.2) is 70.6 Å². The lowest BCUT2D eigenvalue weighted by atomic mass is 10.2. The monoisotopic (exact) mass is 281 g/mol. The second kappa shape index (κ2) is 5.55. The van der Waals surface area contributed by atoms with E-state index in [-0.39, 0.29) is 5.78 Å². The molecule has 2 aromatic carbocycles. The predicted octanol–water partition coefficient (Wildman–Crippen LogP) is 4.23. The van der Waals surface area contributed by atoms with E-state index in [0.29, 0.717) is 0 Å². The zero-order chi connectivity index (χ0) is 13.9. The predicted molar refractivity (Wildman–Crippen MR) is 83.7 cm³/mol. The summed E-state index contributed by atoms with van der Waals surface area (Å²) in [5.74, 6) is 0.0818. The average Bonchev–Trinajstić information content (AvgIpc) is 2.77. The fourth-order valence-electron chi connectivity index (χ4n) is 2.26. The van der Waals surface area contributed by atoms with Gasteiger partial charge in [0.1, 0.15) is 0 Å². The maximum Gasteiger partial charge on any atom is 0.155 e. The van der Waals surface area contributed by atoms with Crippen molar-refractivity contribution >= 4 is 23.2 Å². The molecule has 2 nitrogen and oxygen atoms in total. The molecule has 0 unspecified atom stereocenters. The van der Waals surface area contributed by atoms with E-state index in [0.717, 1.165) is 11.6 Å². The number of hydrogen-bond donors (Lipinski definition) is 0. The van der Waals surface area contributed by atoms with Crippen molar-refractivity contribution in [1.29, 1.82) is 0 Å². The Balaban J connectivity index is 1.97. The highest BCUT2D eigenvalue weighted by molar-refractivity contribution is 8.03. The number of fused-ring (bicyclic) bond motifs is 1. The van der Waals surface area contributed by atoms with Gasteiger partial charge in [0, 0.05) is 17.5 Å². The summed E-state index contributed by atoms with van der Waals surface area (Å²) < 4.78 is 0. The van der Waals surface area contributed by atoms with E-state index in [1.807, 2.05) is 30.3 Å². The maximum absolute atomic E-state index is 11.4. The van der Waals surface area contributed by atoms with Crippen LogP contribution in [-0.4, -0.2) is 5.78 Å². The Morgan fingerprint density at radius 1 is 1.10 bits per heavy atom. The zero-order valence-corrected chi connectivity index (χ0v) is 12.1. The molecular formula is C17H15NOS. The second-order valence-corrected chi connectivity index (χ2v) is 5.80. The third-order valence-electron chi connectivity index (χ3n) is 3.15. The van der Waals surface area contributed by atoms with E-state index in [4.69, 9.17) is 0 Å². The first kappa shape index (κ1) is 13.0. The van der Waals surface area contributed by atoms with Gasteiger partial charge in [0.25, 0.3) is 0 Å². The molecule has 1 aliphatic rings. The fraction of sp³-hybridized carbons (Fsp3) is 0.118. The molecule has 0 saturated carbocycles. The van der Waals surface area contributed by atoms with Gasteiger partial charge in [-0.1, -0.05) is 54.2 Å². The van der Waals surface area contributed by atoms with Crippen molar-refractivity contribution in [1.82, 2.24) is 0 Å². The van der Waals surface area contributed by atoms with Gasteiger partial charge in [0.2, 0.25) is 0 Å². The number of carbonyl (C=O) groups excluding carboxylic acids is 1. The van der Waals surface area contributed by atoms with Gasteiger partial charge < -0.3 is 4.90 Å². The number of ketones is 1. The molecule has 3 heteroatoms. The number of para-hydroxylation sites is 1. The van der Waals surface area contributed by atoms with Crippen molar-refractivity contribution in [2.24, 2.45) is 0 Å². The van der Waals surface area contributed by atoms with Gasteiger partial charge in [-0.3, -0.25) is 4.79 Å². The summed E-state index contributed by atoms with van der Waals surface area (Å²) in [6, 6.07) is 18.6. The molecule has 0 bridgehead atoms. The van der Waals surface area contributed by atoms with Gasteiger partial charge in [-0.2, -0.15) is 0 Å². The lowest BCUT2D eigenvalue weighted by Crippen LogP contribution is -2.17. The van der Waals surface area contributed by atoms with Crippen molar-refractivity contribution in [2.75, 3.05) is 4.90 Å². The van der Waals surface area contributed by atoms with Crippen molar-refractivity contribution < 1.29 is 4.79 Å². The minimum Gasteiger partial charge on any atom is -0.330 e. The van der Waals surface area contributed by atoms with E-state index >= 15 is 0 Å². The van der Waals surface area contributed by atoms with Crippen molar-refractivity contribution in [2.45, 2.75) is 18.4 Å². The molecule has 0 fully saturated rings. The number of anilines is 1. The van der Waals surface area contributed by atoms with E-state index in [1.165, 1.54) is 16.1 Å². The summed E-state index contributed by atoms with van der Waals surface area (Å²) in [4.78, 5) is 14.8. The average molecular weight is 281 g/mol. The first-order valence-electron chi connectivity index (χ1n) is 6.54. The molecule has 0 aromatic heterocycles. The first-order valence-corrected chi connectivity index (χ1v) is 7.36. The number of thioether (sulfide) groups is 1. The van der Waals surface area contributed by atoms with Crippen LogP contribution >= 0.6 is 11.8 Å². The molecule has 0 spiro atoms. The first-order chi connectivity index (χ1) is 9.74. The maximum atomic E-state index is 11.4. The third-order valence-corrected chi connectivity index (χ3v) is 4.26. The Hall–Kier alpha value is -2.00. The standard InChI is InChI=1S/C17H15NOS/c1-13(19)11-17-18(12-14-7-3-2-4-8-14)15-9-5-6-10-16(15)20-17/h2-11H,12H2,1H3/b17-11+. The third kappa shape index (κ3) is 2.63. The van der Waals surface area contributed by atoms with Crippen LogP contribution < -0.4 is 4.90 Å². The number of rotatable bonds is 3. The Morgan fingerprint density at radius 3 is 2.55 bits per heavy atom. The molecule has 20 heavy (non-hydrogen) atoms.